The van der Waals surface area contributed by atoms with Gasteiger partial charge in [0.15, 0.2) is 0 Å². The van der Waals surface area contributed by atoms with E-state index in [4.69, 9.17) is 23.8 Å². The number of nitrogens with two attached hydrogens (primary N) is 1. The fourth-order valence-corrected chi connectivity index (χ4v) is 3.24. The Balaban J connectivity index is 0.000000698. The summed E-state index contributed by atoms with van der Waals surface area (Å²) in [5.74, 6) is 3.11. The van der Waals surface area contributed by atoms with Crippen molar-refractivity contribution in [1.29, 1.82) is 0 Å². The summed E-state index contributed by atoms with van der Waals surface area (Å²) in [5.41, 5.74) is 9.23. The Hall–Kier alpha value is -3.73. The molecule has 0 saturated carbocycles. The van der Waals surface area contributed by atoms with Gasteiger partial charge in [0.2, 0.25) is 0 Å². The number of benzene rings is 2. The van der Waals surface area contributed by atoms with Gasteiger partial charge in [0.1, 0.15) is 24.1 Å². The molecule has 1 atom stereocenters. The Morgan fingerprint density at radius 2 is 1.82 bits per heavy atom. The first-order valence-corrected chi connectivity index (χ1v) is 13.2. The molecule has 0 aliphatic heterocycles. The molecule has 1 aromatic heterocycles. The fourth-order valence-electron chi connectivity index (χ4n) is 3.06. The lowest BCUT2D eigenvalue weighted by Crippen LogP contribution is -2.00. The zero-order chi connectivity index (χ0) is 30.7. The van der Waals surface area contributed by atoms with Crippen LogP contribution in [0, 0.1) is 31.0 Å². The number of halogens is 3. The van der Waals surface area contributed by atoms with Gasteiger partial charge in [-0.05, 0) is 67.7 Å². The number of alkyl halides is 1. The van der Waals surface area contributed by atoms with Crippen LogP contribution < -0.4 is 16.4 Å². The average Bonchev–Trinajstić information content (AvgIpc) is 2.91. The lowest BCUT2D eigenvalue weighted by atomic mass is 10.0. The maximum absolute atomic E-state index is 13.2. The zero-order valence-corrected chi connectivity index (χ0v) is 25.0. The highest BCUT2D eigenvalue weighted by Gasteiger charge is 2.09. The van der Waals surface area contributed by atoms with Crippen molar-refractivity contribution >= 4 is 39.7 Å². The summed E-state index contributed by atoms with van der Waals surface area (Å²) in [7, 11) is 1.87. The lowest BCUT2D eigenvalue weighted by Gasteiger charge is -2.11. The van der Waals surface area contributed by atoms with Crippen LogP contribution in [0.3, 0.4) is 0 Å². The SMILES string of the molecule is C#CCC=C.C=C(CC(C)C)C(C)F.C=CCN.CNc1cc2c(Nc3ccc(F)c(Cl)c3)ncnc2cc1C. The molecule has 0 aliphatic carbocycles. The molecule has 0 radical (unpaired) electrons. The average molecular weight is 570 g/mol. The van der Waals surface area contributed by atoms with E-state index in [1.165, 1.54) is 25.4 Å². The molecule has 1 heterocycles. The molecule has 1 unspecified atom stereocenters. The van der Waals surface area contributed by atoms with Gasteiger partial charge in [0.05, 0.1) is 10.5 Å². The zero-order valence-electron chi connectivity index (χ0n) is 24.2. The monoisotopic (exact) mass is 569 g/mol. The van der Waals surface area contributed by atoms with Gasteiger partial charge in [-0.3, -0.25) is 0 Å². The van der Waals surface area contributed by atoms with E-state index in [9.17, 15) is 8.78 Å². The quantitative estimate of drug-likeness (QED) is 0.187. The molecule has 3 aromatic rings. The number of allylic oxidation sites excluding steroid dienone is 2. The second-order valence-corrected chi connectivity index (χ2v) is 9.41. The first-order chi connectivity index (χ1) is 18.9. The van der Waals surface area contributed by atoms with E-state index in [0.717, 1.165) is 28.6 Å². The molecule has 8 heteroatoms. The highest BCUT2D eigenvalue weighted by Crippen LogP contribution is 2.29. The van der Waals surface area contributed by atoms with Gasteiger partial charge in [0.25, 0.3) is 0 Å². The number of anilines is 3. The highest BCUT2D eigenvalue weighted by atomic mass is 35.5. The summed E-state index contributed by atoms with van der Waals surface area (Å²) >= 11 is 5.81. The summed E-state index contributed by atoms with van der Waals surface area (Å²) in [6.07, 6.45) is 10.3. The summed E-state index contributed by atoms with van der Waals surface area (Å²) in [5, 5.41) is 7.23. The minimum absolute atomic E-state index is 0.0649. The normalized spacial score (nSPS) is 10.3. The molecule has 0 bridgehead atoms. The van der Waals surface area contributed by atoms with Crippen LogP contribution in [-0.2, 0) is 0 Å². The Bertz CT molecular complexity index is 1270. The Labute approximate surface area is 243 Å². The third kappa shape index (κ3) is 13.9. The number of nitrogens with one attached hydrogen (secondary N) is 2. The number of terminal acetylenes is 1. The Morgan fingerprint density at radius 1 is 1.18 bits per heavy atom. The smallest absolute Gasteiger partial charge is 0.141 e. The second kappa shape index (κ2) is 20.2. The lowest BCUT2D eigenvalue weighted by molar-refractivity contribution is 0.392. The summed E-state index contributed by atoms with van der Waals surface area (Å²) in [6.45, 7) is 18.6. The van der Waals surface area contributed by atoms with Gasteiger partial charge in [-0.15, -0.1) is 25.5 Å². The molecule has 216 valence electrons. The van der Waals surface area contributed by atoms with E-state index in [2.05, 4.69) is 60.1 Å². The molecule has 0 fully saturated rings. The number of rotatable bonds is 8. The molecular weight excluding hydrogens is 528 g/mol. The predicted molar refractivity (Wildman–Crippen MR) is 171 cm³/mol. The van der Waals surface area contributed by atoms with Crippen molar-refractivity contribution < 1.29 is 8.78 Å². The minimum atomic E-state index is -0.840. The molecule has 0 saturated heterocycles. The standard InChI is InChI=1S/C16H14ClFN4.C8H15F.C5H6.C3H7N/c1-9-5-15-11(7-14(9)19-2)16(21-8-20-15)22-10-3-4-13(18)12(17)6-10;1-6(2)5-7(3)8(4)9;1-3-5-4-2;1-2-3-4/h3-8,19H,1-2H3,(H,20,21,22);6,8H,3,5H2,1-2,4H3;1,4H,2,5H2;2H,1,3-4H2. The van der Waals surface area contributed by atoms with Crippen molar-refractivity contribution in [2.24, 2.45) is 11.7 Å². The summed E-state index contributed by atoms with van der Waals surface area (Å²) in [4.78, 5) is 8.56. The first kappa shape index (κ1) is 36.3. The van der Waals surface area contributed by atoms with Gasteiger partial charge in [-0.2, -0.15) is 0 Å². The number of aryl methyl sites for hydroxylation is 1. The second-order valence-electron chi connectivity index (χ2n) is 9.00. The van der Waals surface area contributed by atoms with Gasteiger partial charge >= 0.3 is 0 Å². The molecule has 3 rings (SSSR count). The van der Waals surface area contributed by atoms with Crippen molar-refractivity contribution in [3.63, 3.8) is 0 Å². The van der Waals surface area contributed by atoms with Crippen LogP contribution in [-0.4, -0.2) is 29.7 Å². The van der Waals surface area contributed by atoms with Gasteiger partial charge in [-0.25, -0.2) is 18.7 Å². The van der Waals surface area contributed by atoms with Crippen LogP contribution in [0.5, 0.6) is 0 Å². The third-order valence-electron chi connectivity index (χ3n) is 5.09. The summed E-state index contributed by atoms with van der Waals surface area (Å²) in [6, 6.07) is 8.43. The van der Waals surface area contributed by atoms with E-state index >= 15 is 0 Å². The van der Waals surface area contributed by atoms with Crippen molar-refractivity contribution in [2.75, 3.05) is 24.2 Å². The molecule has 0 aliphatic rings. The molecular formula is C32H42ClF2N5. The molecule has 4 N–H and O–H groups in total. The van der Waals surface area contributed by atoms with Crippen LogP contribution in [0.4, 0.5) is 26.0 Å². The van der Waals surface area contributed by atoms with Crippen LogP contribution in [0.15, 0.2) is 74.1 Å². The van der Waals surface area contributed by atoms with E-state index < -0.39 is 12.0 Å². The summed E-state index contributed by atoms with van der Waals surface area (Å²) < 4.78 is 25.6. The van der Waals surface area contributed by atoms with Crippen molar-refractivity contribution in [1.82, 2.24) is 9.97 Å². The van der Waals surface area contributed by atoms with E-state index in [-0.39, 0.29) is 5.02 Å². The van der Waals surface area contributed by atoms with Crippen molar-refractivity contribution in [3.05, 3.63) is 90.5 Å². The first-order valence-electron chi connectivity index (χ1n) is 12.8. The molecule has 0 spiro atoms. The van der Waals surface area contributed by atoms with Gasteiger partial charge < -0.3 is 16.4 Å². The molecule has 5 nitrogen and oxygen atoms in total. The maximum Gasteiger partial charge on any atom is 0.141 e. The number of hydrogen-bond donors (Lipinski definition) is 3. The van der Waals surface area contributed by atoms with Crippen LogP contribution in [0.1, 0.15) is 39.2 Å². The molecule has 40 heavy (non-hydrogen) atoms. The minimum Gasteiger partial charge on any atom is -0.388 e. The van der Waals surface area contributed by atoms with Crippen LogP contribution >= 0.6 is 11.6 Å². The topological polar surface area (TPSA) is 75.9 Å². The molecule has 2 aromatic carbocycles. The number of nitrogens with zero attached hydrogens (tertiary/aromatic N) is 2. The fraction of sp³-hybridized carbons (Fsp3) is 0.312. The number of aromatic nitrogens is 2. The Morgan fingerprint density at radius 3 is 2.25 bits per heavy atom. The van der Waals surface area contributed by atoms with Crippen molar-refractivity contribution in [3.8, 4) is 12.3 Å². The van der Waals surface area contributed by atoms with E-state index in [0.29, 0.717) is 36.0 Å². The predicted octanol–water partition coefficient (Wildman–Crippen LogP) is 8.79. The van der Waals surface area contributed by atoms with Gasteiger partial charge in [0, 0.05) is 36.8 Å². The van der Waals surface area contributed by atoms with Crippen LogP contribution in [0.2, 0.25) is 5.02 Å². The molecule has 0 amide bonds. The van der Waals surface area contributed by atoms with E-state index in [1.54, 1.807) is 18.2 Å². The van der Waals surface area contributed by atoms with Gasteiger partial charge in [-0.1, -0.05) is 44.2 Å². The highest BCUT2D eigenvalue weighted by molar-refractivity contribution is 6.31. The maximum atomic E-state index is 13.2. The van der Waals surface area contributed by atoms with Crippen LogP contribution in [0.25, 0.3) is 10.9 Å². The number of hydrogen-bond acceptors (Lipinski definition) is 5. The Kier molecular flexibility index (Phi) is 18.3. The van der Waals surface area contributed by atoms with E-state index in [1.807, 2.05) is 26.1 Å². The van der Waals surface area contributed by atoms with Crippen molar-refractivity contribution in [2.45, 2.75) is 46.7 Å². The third-order valence-corrected chi connectivity index (χ3v) is 5.38. The number of fused-ring (bicyclic) bond motifs is 1. The largest absolute Gasteiger partial charge is 0.388 e.